The van der Waals surface area contributed by atoms with Gasteiger partial charge in [-0.15, -0.1) is 0 Å². The zero-order valence-corrected chi connectivity index (χ0v) is 16.4. The van der Waals surface area contributed by atoms with Gasteiger partial charge in [0.25, 0.3) is 0 Å². The molecule has 0 unspecified atom stereocenters. The van der Waals surface area contributed by atoms with Crippen LogP contribution < -0.4 is 0 Å². The van der Waals surface area contributed by atoms with E-state index in [9.17, 15) is 0 Å². The molecule has 1 radical (unpaired) electrons. The Kier molecular flexibility index (Phi) is 4.99. The van der Waals surface area contributed by atoms with Crippen LogP contribution in [0.1, 0.15) is 24.0 Å². The molecule has 0 spiro atoms. The van der Waals surface area contributed by atoms with E-state index in [0.717, 1.165) is 13.1 Å². The van der Waals surface area contributed by atoms with E-state index < -0.39 is 0 Å². The summed E-state index contributed by atoms with van der Waals surface area (Å²) in [7, 11) is 0. The van der Waals surface area contributed by atoms with Crippen LogP contribution >= 0.6 is 0 Å². The van der Waals surface area contributed by atoms with Crippen LogP contribution in [0.25, 0.3) is 22.3 Å². The van der Waals surface area contributed by atoms with E-state index in [2.05, 4.69) is 82.6 Å². The number of hydrogen-bond acceptors (Lipinski definition) is 2. The van der Waals surface area contributed by atoms with E-state index in [-0.39, 0.29) is 0 Å². The minimum Gasteiger partial charge on any atom is -0.299 e. The Hall–Kier alpha value is -2.42. The quantitative estimate of drug-likeness (QED) is 0.588. The van der Waals surface area contributed by atoms with Crippen molar-refractivity contribution in [2.45, 2.75) is 25.9 Å². The van der Waals surface area contributed by atoms with Crippen LogP contribution in [0.15, 0.2) is 66.7 Å². The van der Waals surface area contributed by atoms with Crippen LogP contribution in [-0.4, -0.2) is 36.0 Å². The lowest BCUT2D eigenvalue weighted by Gasteiger charge is -2.32. The highest BCUT2D eigenvalue weighted by molar-refractivity contribution is 5.74. The van der Waals surface area contributed by atoms with Crippen LogP contribution in [0, 0.1) is 6.07 Å². The molecule has 2 saturated heterocycles. The van der Waals surface area contributed by atoms with Gasteiger partial charge in [0, 0.05) is 13.1 Å². The predicted molar refractivity (Wildman–Crippen MR) is 116 cm³/mol. The summed E-state index contributed by atoms with van der Waals surface area (Å²) in [5.41, 5.74) is 8.03. The highest BCUT2D eigenvalue weighted by Crippen LogP contribution is 2.31. The summed E-state index contributed by atoms with van der Waals surface area (Å²) < 4.78 is 0. The molecule has 3 aromatic rings. The van der Waals surface area contributed by atoms with Crippen molar-refractivity contribution >= 4 is 0 Å². The van der Waals surface area contributed by atoms with Gasteiger partial charge in [0.2, 0.25) is 0 Å². The molecule has 3 aromatic carbocycles. The minimum absolute atomic E-state index is 1.03. The minimum atomic E-state index is 1.03. The first-order valence-corrected chi connectivity index (χ1v) is 10.5. The normalized spacial score (nSPS) is 17.1. The molecule has 0 bridgehead atoms. The molecule has 0 saturated carbocycles. The van der Waals surface area contributed by atoms with Gasteiger partial charge in [0.15, 0.2) is 0 Å². The Morgan fingerprint density at radius 1 is 0.679 bits per heavy atom. The second kappa shape index (κ2) is 7.90. The molecule has 0 atom stereocenters. The first kappa shape index (κ1) is 17.7. The second-order valence-electron chi connectivity index (χ2n) is 8.10. The number of rotatable bonds is 6. The standard InChI is InChI=1S/C26H27N2/c1-2-8-22(9-3-1)23-11-12-26(25(18-23)20-28-15-6-16-28)24-10-4-7-21(17-24)19-27-13-5-14-27/h1-4,8-12,17-18H,5-6,13-16,19-20H2. The Balaban J connectivity index is 1.49. The second-order valence-corrected chi connectivity index (χ2v) is 8.10. The highest BCUT2D eigenvalue weighted by atomic mass is 15.2. The van der Waals surface area contributed by atoms with E-state index >= 15 is 0 Å². The molecule has 2 heteroatoms. The SMILES string of the molecule is [c]1ccc(-c2ccc(-c3ccccc3)cc2CN2CCC2)cc1CN1CCC1. The molecule has 2 aliphatic rings. The molecular weight excluding hydrogens is 340 g/mol. The molecule has 0 amide bonds. The Labute approximate surface area is 168 Å². The maximum absolute atomic E-state index is 3.45. The summed E-state index contributed by atoms with van der Waals surface area (Å²) in [4.78, 5) is 5.04. The summed E-state index contributed by atoms with van der Waals surface area (Å²) in [6.07, 6.45) is 2.66. The fraction of sp³-hybridized carbons (Fsp3) is 0.308. The number of benzene rings is 3. The summed E-state index contributed by atoms with van der Waals surface area (Å²) in [5, 5.41) is 0. The van der Waals surface area contributed by atoms with Gasteiger partial charge in [0.05, 0.1) is 0 Å². The molecule has 0 aromatic heterocycles. The van der Waals surface area contributed by atoms with Crippen molar-refractivity contribution in [1.29, 1.82) is 0 Å². The van der Waals surface area contributed by atoms with E-state index in [0.29, 0.717) is 0 Å². The van der Waals surface area contributed by atoms with Gasteiger partial charge in [-0.25, -0.2) is 0 Å². The molecule has 2 fully saturated rings. The van der Waals surface area contributed by atoms with E-state index in [4.69, 9.17) is 0 Å². The maximum Gasteiger partial charge on any atom is 0.0240 e. The summed E-state index contributed by atoms with van der Waals surface area (Å²) in [5.74, 6) is 0. The largest absolute Gasteiger partial charge is 0.299 e. The molecule has 0 aliphatic carbocycles. The Morgan fingerprint density at radius 2 is 1.43 bits per heavy atom. The summed E-state index contributed by atoms with van der Waals surface area (Å²) >= 11 is 0. The molecule has 5 rings (SSSR count). The summed E-state index contributed by atoms with van der Waals surface area (Å²) in [6.45, 7) is 6.96. The van der Waals surface area contributed by atoms with Gasteiger partial charge in [-0.2, -0.15) is 0 Å². The predicted octanol–water partition coefficient (Wildman–Crippen LogP) is 5.23. The van der Waals surface area contributed by atoms with Crippen molar-refractivity contribution in [3.05, 3.63) is 83.9 Å². The van der Waals surface area contributed by atoms with Gasteiger partial charge in [0.1, 0.15) is 0 Å². The molecule has 2 heterocycles. The van der Waals surface area contributed by atoms with Gasteiger partial charge < -0.3 is 0 Å². The van der Waals surface area contributed by atoms with Crippen LogP contribution in [0.3, 0.4) is 0 Å². The van der Waals surface area contributed by atoms with E-state index in [1.165, 1.54) is 72.4 Å². The average molecular weight is 368 g/mol. The van der Waals surface area contributed by atoms with Gasteiger partial charge in [-0.1, -0.05) is 54.6 Å². The van der Waals surface area contributed by atoms with E-state index in [1.807, 2.05) is 0 Å². The Bertz CT molecular complexity index is 940. The number of nitrogens with zero attached hydrogens (tertiary/aromatic N) is 2. The molecular formula is C26H27N2. The van der Waals surface area contributed by atoms with Crippen molar-refractivity contribution < 1.29 is 0 Å². The average Bonchev–Trinajstić information content (AvgIpc) is 2.68. The van der Waals surface area contributed by atoms with Crippen LogP contribution in [0.5, 0.6) is 0 Å². The fourth-order valence-electron chi connectivity index (χ4n) is 4.15. The monoisotopic (exact) mass is 367 g/mol. The van der Waals surface area contributed by atoms with Crippen molar-refractivity contribution in [3.8, 4) is 22.3 Å². The third kappa shape index (κ3) is 3.76. The molecule has 141 valence electrons. The molecule has 2 nitrogen and oxygen atoms in total. The van der Waals surface area contributed by atoms with Gasteiger partial charge in [-0.05, 0) is 90.6 Å². The maximum atomic E-state index is 3.45. The van der Waals surface area contributed by atoms with Crippen molar-refractivity contribution in [2.75, 3.05) is 26.2 Å². The smallest absolute Gasteiger partial charge is 0.0240 e. The molecule has 0 N–H and O–H groups in total. The van der Waals surface area contributed by atoms with Crippen molar-refractivity contribution in [1.82, 2.24) is 9.80 Å². The first-order valence-electron chi connectivity index (χ1n) is 10.5. The summed E-state index contributed by atoms with van der Waals surface area (Å²) in [6, 6.07) is 27.8. The van der Waals surface area contributed by atoms with Crippen LogP contribution in [-0.2, 0) is 13.1 Å². The topological polar surface area (TPSA) is 6.48 Å². The van der Waals surface area contributed by atoms with Crippen LogP contribution in [0.4, 0.5) is 0 Å². The lowest BCUT2D eigenvalue weighted by molar-refractivity contribution is 0.172. The van der Waals surface area contributed by atoms with Crippen molar-refractivity contribution in [3.63, 3.8) is 0 Å². The lowest BCUT2D eigenvalue weighted by Crippen LogP contribution is -2.36. The zero-order valence-electron chi connectivity index (χ0n) is 16.4. The number of likely N-dealkylation sites (tertiary alicyclic amines) is 2. The third-order valence-electron chi connectivity index (χ3n) is 6.07. The molecule has 2 aliphatic heterocycles. The molecule has 28 heavy (non-hydrogen) atoms. The van der Waals surface area contributed by atoms with Gasteiger partial charge in [-0.3, -0.25) is 9.80 Å². The number of hydrogen-bond donors (Lipinski definition) is 0. The fourth-order valence-corrected chi connectivity index (χ4v) is 4.15. The third-order valence-corrected chi connectivity index (χ3v) is 6.07. The zero-order chi connectivity index (χ0) is 18.8. The highest BCUT2D eigenvalue weighted by Gasteiger charge is 2.18. The van der Waals surface area contributed by atoms with Crippen LogP contribution in [0.2, 0.25) is 0 Å². The lowest BCUT2D eigenvalue weighted by atomic mass is 9.93. The van der Waals surface area contributed by atoms with Crippen molar-refractivity contribution in [2.24, 2.45) is 0 Å². The van der Waals surface area contributed by atoms with Gasteiger partial charge >= 0.3 is 0 Å². The Morgan fingerprint density at radius 3 is 2.14 bits per heavy atom. The first-order chi connectivity index (χ1) is 13.8. The van der Waals surface area contributed by atoms with E-state index in [1.54, 1.807) is 0 Å².